The Balaban J connectivity index is 1.51. The third-order valence-electron chi connectivity index (χ3n) is 4.11. The number of benzene rings is 2. The smallest absolute Gasteiger partial charge is 0.432 e. The lowest BCUT2D eigenvalue weighted by Crippen LogP contribution is -2.04. The van der Waals surface area contributed by atoms with Crippen LogP contribution in [0.3, 0.4) is 0 Å². The lowest BCUT2D eigenvalue weighted by molar-refractivity contribution is -0.156. The van der Waals surface area contributed by atoms with E-state index >= 15 is 0 Å². The number of H-pyrrole nitrogens is 1. The van der Waals surface area contributed by atoms with Gasteiger partial charge in [0.2, 0.25) is 5.13 Å². The summed E-state index contributed by atoms with van der Waals surface area (Å²) >= 11 is 7.53. The number of anilines is 2. The first kappa shape index (κ1) is 17.9. The van der Waals surface area contributed by atoms with Crippen LogP contribution in [-0.2, 0) is 6.18 Å². The molecule has 0 bridgehead atoms. The number of fused-ring (bicyclic) bond motifs is 2. The zero-order chi connectivity index (χ0) is 20.2. The van der Waals surface area contributed by atoms with Crippen LogP contribution in [0.2, 0.25) is 5.02 Å². The molecule has 12 heteroatoms. The van der Waals surface area contributed by atoms with Gasteiger partial charge in [-0.15, -0.1) is 10.2 Å². The number of halogens is 4. The van der Waals surface area contributed by atoms with E-state index in [2.05, 4.69) is 30.7 Å². The monoisotopic (exact) mass is 436 g/mol. The molecule has 5 aromatic rings. The molecule has 3 aromatic heterocycles. The number of rotatable bonds is 3. The second-order valence-electron chi connectivity index (χ2n) is 5.97. The van der Waals surface area contributed by atoms with Crippen LogP contribution >= 0.6 is 22.9 Å². The number of aromatic nitrogens is 5. The summed E-state index contributed by atoms with van der Waals surface area (Å²) in [6, 6.07) is 8.20. The maximum Gasteiger partial charge on any atom is 0.468 e. The van der Waals surface area contributed by atoms with E-state index in [0.717, 1.165) is 22.2 Å². The number of nitrogens with one attached hydrogen (secondary N) is 2. The lowest BCUT2D eigenvalue weighted by atomic mass is 10.2. The molecule has 0 aliphatic heterocycles. The zero-order valence-corrected chi connectivity index (χ0v) is 15.7. The molecule has 0 saturated heterocycles. The third kappa shape index (κ3) is 3.08. The minimum Gasteiger partial charge on any atom is -0.432 e. The quantitative estimate of drug-likeness (QED) is 0.380. The first-order chi connectivity index (χ1) is 13.9. The summed E-state index contributed by atoms with van der Waals surface area (Å²) in [5, 5.41) is 19.9. The van der Waals surface area contributed by atoms with Crippen LogP contribution in [-0.4, -0.2) is 25.4 Å². The molecule has 0 atom stereocenters. The van der Waals surface area contributed by atoms with E-state index in [1.54, 1.807) is 24.4 Å². The van der Waals surface area contributed by atoms with Crippen molar-refractivity contribution in [3.8, 4) is 10.6 Å². The predicted molar refractivity (Wildman–Crippen MR) is 102 cm³/mol. The molecule has 0 spiro atoms. The molecular weight excluding hydrogens is 429 g/mol. The Morgan fingerprint density at radius 2 is 2.00 bits per heavy atom. The van der Waals surface area contributed by atoms with Crippen molar-refractivity contribution >= 4 is 55.8 Å². The fourth-order valence-electron chi connectivity index (χ4n) is 2.82. The molecule has 2 aromatic carbocycles. The van der Waals surface area contributed by atoms with Crippen molar-refractivity contribution in [2.24, 2.45) is 0 Å². The van der Waals surface area contributed by atoms with Gasteiger partial charge < -0.3 is 9.73 Å². The molecule has 0 aliphatic carbocycles. The summed E-state index contributed by atoms with van der Waals surface area (Å²) in [6.45, 7) is 0. The number of aromatic amines is 1. The highest BCUT2D eigenvalue weighted by atomic mass is 35.5. The maximum atomic E-state index is 12.9. The van der Waals surface area contributed by atoms with Crippen molar-refractivity contribution in [3.63, 3.8) is 0 Å². The number of hydrogen-bond acceptors (Lipinski definition) is 7. The van der Waals surface area contributed by atoms with Gasteiger partial charge in [0.15, 0.2) is 10.6 Å². The molecule has 0 amide bonds. The topological polar surface area (TPSA) is 92.5 Å². The van der Waals surface area contributed by atoms with Crippen molar-refractivity contribution in [2.75, 3.05) is 5.32 Å². The van der Waals surface area contributed by atoms with E-state index in [0.29, 0.717) is 26.4 Å². The largest absolute Gasteiger partial charge is 0.468 e. The predicted octanol–water partition coefficient (Wildman–Crippen LogP) is 5.64. The molecule has 0 radical (unpaired) electrons. The second-order valence-corrected chi connectivity index (χ2v) is 7.32. The number of hydrogen-bond donors (Lipinski definition) is 2. The van der Waals surface area contributed by atoms with Gasteiger partial charge in [-0.2, -0.15) is 18.3 Å². The fourth-order valence-corrected chi connectivity index (χ4v) is 3.85. The van der Waals surface area contributed by atoms with E-state index < -0.39 is 12.1 Å². The lowest BCUT2D eigenvalue weighted by Gasteiger charge is -2.05. The van der Waals surface area contributed by atoms with E-state index in [-0.39, 0.29) is 11.1 Å². The Labute approximate surface area is 168 Å². The SMILES string of the molecule is FC(F)(F)c1nc2cccc(-c3nnc(Nc4ccc5[nH]ncc5c4Cl)s3)c2o1. The van der Waals surface area contributed by atoms with Crippen LogP contribution in [0.1, 0.15) is 5.89 Å². The molecule has 0 saturated carbocycles. The molecule has 0 unspecified atom stereocenters. The Bertz CT molecular complexity index is 1360. The zero-order valence-electron chi connectivity index (χ0n) is 14.1. The van der Waals surface area contributed by atoms with E-state index in [1.165, 1.54) is 6.07 Å². The Hall–Kier alpha value is -3.18. The van der Waals surface area contributed by atoms with Gasteiger partial charge in [0.1, 0.15) is 5.52 Å². The molecule has 5 rings (SSSR count). The summed E-state index contributed by atoms with van der Waals surface area (Å²) in [6.07, 6.45) is -3.07. The maximum absolute atomic E-state index is 12.9. The van der Waals surface area contributed by atoms with Gasteiger partial charge in [-0.1, -0.05) is 29.0 Å². The molecule has 146 valence electrons. The second kappa shape index (κ2) is 6.42. The van der Waals surface area contributed by atoms with Crippen LogP contribution < -0.4 is 5.32 Å². The molecule has 2 N–H and O–H groups in total. The minimum absolute atomic E-state index is 0.000346. The molecule has 29 heavy (non-hydrogen) atoms. The number of para-hydroxylation sites is 1. The van der Waals surface area contributed by atoms with Crippen LogP contribution in [0.25, 0.3) is 32.6 Å². The van der Waals surface area contributed by atoms with Gasteiger partial charge in [-0.05, 0) is 24.3 Å². The van der Waals surface area contributed by atoms with Crippen LogP contribution in [0.5, 0.6) is 0 Å². The normalized spacial score (nSPS) is 12.1. The average Bonchev–Trinajstić information content (AvgIpc) is 3.42. The van der Waals surface area contributed by atoms with Crippen LogP contribution in [0.15, 0.2) is 40.9 Å². The number of nitrogens with zero attached hydrogens (tertiary/aromatic N) is 4. The van der Waals surface area contributed by atoms with Crippen LogP contribution in [0.4, 0.5) is 24.0 Å². The van der Waals surface area contributed by atoms with Crippen molar-refractivity contribution in [2.45, 2.75) is 6.18 Å². The Morgan fingerprint density at radius 1 is 1.14 bits per heavy atom. The van der Waals surface area contributed by atoms with Crippen molar-refractivity contribution in [1.82, 2.24) is 25.4 Å². The number of alkyl halides is 3. The number of oxazole rings is 1. The molecule has 3 heterocycles. The Morgan fingerprint density at radius 3 is 2.83 bits per heavy atom. The third-order valence-corrected chi connectivity index (χ3v) is 5.39. The van der Waals surface area contributed by atoms with Gasteiger partial charge in [-0.3, -0.25) is 5.10 Å². The van der Waals surface area contributed by atoms with Gasteiger partial charge in [0.05, 0.1) is 28.0 Å². The summed E-state index contributed by atoms with van der Waals surface area (Å²) < 4.78 is 43.7. The highest BCUT2D eigenvalue weighted by Gasteiger charge is 2.38. The average molecular weight is 437 g/mol. The van der Waals surface area contributed by atoms with Crippen molar-refractivity contribution in [1.29, 1.82) is 0 Å². The van der Waals surface area contributed by atoms with Gasteiger partial charge >= 0.3 is 12.1 Å². The molecule has 7 nitrogen and oxygen atoms in total. The molecule has 0 fully saturated rings. The minimum atomic E-state index is -4.67. The summed E-state index contributed by atoms with van der Waals surface area (Å²) in [4.78, 5) is 3.50. The highest BCUT2D eigenvalue weighted by Crippen LogP contribution is 2.38. The highest BCUT2D eigenvalue weighted by molar-refractivity contribution is 7.18. The Kier molecular flexibility index (Phi) is 3.96. The van der Waals surface area contributed by atoms with E-state index in [9.17, 15) is 13.2 Å². The van der Waals surface area contributed by atoms with E-state index in [1.807, 2.05) is 6.07 Å². The molecular formula is C17H8ClF3N6OS. The molecule has 0 aliphatic rings. The van der Waals surface area contributed by atoms with Crippen LogP contribution in [0, 0.1) is 0 Å². The first-order valence-corrected chi connectivity index (χ1v) is 9.29. The van der Waals surface area contributed by atoms with E-state index in [4.69, 9.17) is 16.0 Å². The summed E-state index contributed by atoms with van der Waals surface area (Å²) in [7, 11) is 0. The van der Waals surface area contributed by atoms with Gasteiger partial charge in [0.25, 0.3) is 0 Å². The summed E-state index contributed by atoms with van der Waals surface area (Å²) in [5.74, 6) is -1.30. The fraction of sp³-hybridized carbons (Fsp3) is 0.0588. The van der Waals surface area contributed by atoms with Gasteiger partial charge in [-0.25, -0.2) is 4.98 Å². The summed E-state index contributed by atoms with van der Waals surface area (Å²) in [5.41, 5.74) is 1.84. The van der Waals surface area contributed by atoms with Crippen molar-refractivity contribution < 1.29 is 17.6 Å². The first-order valence-electron chi connectivity index (χ1n) is 8.09. The standard InChI is InChI=1S/C17H8ClF3N6OS/c18-12-8-6-22-25-9(8)4-5-10(12)24-16-27-26-14(29-16)7-2-1-3-11-13(7)28-15(23-11)17(19,20)21/h1-6H,(H,22,25)(H,24,27). The van der Waals surface area contributed by atoms with Gasteiger partial charge in [0, 0.05) is 5.39 Å². The van der Waals surface area contributed by atoms with Crippen molar-refractivity contribution in [3.05, 3.63) is 47.4 Å².